The lowest BCUT2D eigenvalue weighted by Crippen LogP contribution is -2.38. The predicted molar refractivity (Wildman–Crippen MR) is 75.8 cm³/mol. The van der Waals surface area contributed by atoms with Crippen molar-refractivity contribution in [2.75, 3.05) is 19.6 Å². The van der Waals surface area contributed by atoms with E-state index in [1.807, 2.05) is 24.4 Å². The molecule has 1 aromatic rings. The van der Waals surface area contributed by atoms with Crippen LogP contribution >= 0.6 is 17.0 Å². The highest BCUT2D eigenvalue weighted by atomic mass is 79.9. The molecule has 5 heteroatoms. The molecule has 0 saturated heterocycles. The van der Waals surface area contributed by atoms with Gasteiger partial charge >= 0.3 is 0 Å². The first-order valence-corrected chi connectivity index (χ1v) is 5.87. The van der Waals surface area contributed by atoms with Crippen molar-refractivity contribution in [3.05, 3.63) is 30.1 Å². The minimum atomic E-state index is 0. The summed E-state index contributed by atoms with van der Waals surface area (Å²) in [7, 11) is 0. The average Bonchev–Trinajstić information content (AvgIpc) is 2.59. The van der Waals surface area contributed by atoms with Crippen LogP contribution in [0.5, 0.6) is 0 Å². The van der Waals surface area contributed by atoms with Crippen LogP contribution in [-0.2, 0) is 6.42 Å². The van der Waals surface area contributed by atoms with E-state index in [2.05, 4.69) is 20.6 Å². The molecule has 1 aromatic heterocycles. The Morgan fingerprint density at radius 2 is 2.24 bits per heavy atom. The van der Waals surface area contributed by atoms with E-state index in [4.69, 9.17) is 0 Å². The number of pyridine rings is 1. The van der Waals surface area contributed by atoms with Crippen molar-refractivity contribution in [3.8, 4) is 0 Å². The molecule has 2 N–H and O–H groups in total. The van der Waals surface area contributed by atoms with Crippen molar-refractivity contribution < 1.29 is 0 Å². The number of nitrogens with zero attached hydrogens (tertiary/aromatic N) is 2. The SMILES string of the molecule is Br.c1ccc(CCNC2=NCCCCN2)nc1. The van der Waals surface area contributed by atoms with Crippen LogP contribution in [0.1, 0.15) is 18.5 Å². The molecule has 4 nitrogen and oxygen atoms in total. The Balaban J connectivity index is 0.00000144. The second kappa shape index (κ2) is 8.06. The topological polar surface area (TPSA) is 49.3 Å². The molecule has 0 aliphatic carbocycles. The summed E-state index contributed by atoms with van der Waals surface area (Å²) in [6, 6.07) is 6.00. The Bertz CT molecular complexity index is 340. The number of hydrogen-bond donors (Lipinski definition) is 2. The number of aromatic nitrogens is 1. The molecule has 0 atom stereocenters. The fraction of sp³-hybridized carbons (Fsp3) is 0.500. The van der Waals surface area contributed by atoms with Gasteiger partial charge in [0.25, 0.3) is 0 Å². The van der Waals surface area contributed by atoms with Gasteiger partial charge in [-0.2, -0.15) is 0 Å². The Hall–Kier alpha value is -1.10. The highest BCUT2D eigenvalue weighted by Gasteiger charge is 2.01. The smallest absolute Gasteiger partial charge is 0.191 e. The Labute approximate surface area is 113 Å². The zero-order valence-electron chi connectivity index (χ0n) is 9.85. The van der Waals surface area contributed by atoms with Gasteiger partial charge in [-0.15, -0.1) is 17.0 Å². The lowest BCUT2D eigenvalue weighted by atomic mass is 10.3. The normalized spacial score (nSPS) is 14.9. The first kappa shape index (κ1) is 14.0. The van der Waals surface area contributed by atoms with E-state index < -0.39 is 0 Å². The Kier molecular flexibility index (Phi) is 6.62. The zero-order chi connectivity index (χ0) is 11.1. The van der Waals surface area contributed by atoms with Crippen molar-refractivity contribution in [1.82, 2.24) is 15.6 Å². The lowest BCUT2D eigenvalue weighted by molar-refractivity contribution is 0.740. The summed E-state index contributed by atoms with van der Waals surface area (Å²) in [5.41, 5.74) is 1.12. The van der Waals surface area contributed by atoms with Gasteiger partial charge in [0.15, 0.2) is 5.96 Å². The van der Waals surface area contributed by atoms with Crippen LogP contribution in [0.2, 0.25) is 0 Å². The van der Waals surface area contributed by atoms with Gasteiger partial charge in [0.2, 0.25) is 0 Å². The predicted octanol–water partition coefficient (Wildman–Crippen LogP) is 1.53. The summed E-state index contributed by atoms with van der Waals surface area (Å²) in [5, 5.41) is 6.60. The van der Waals surface area contributed by atoms with Gasteiger partial charge in [0.1, 0.15) is 0 Å². The second-order valence-electron chi connectivity index (χ2n) is 3.86. The van der Waals surface area contributed by atoms with Crippen molar-refractivity contribution >= 4 is 22.9 Å². The fourth-order valence-electron chi connectivity index (χ4n) is 1.66. The molecule has 0 saturated carbocycles. The van der Waals surface area contributed by atoms with Gasteiger partial charge in [0, 0.05) is 37.9 Å². The van der Waals surface area contributed by atoms with Crippen molar-refractivity contribution in [1.29, 1.82) is 0 Å². The molecule has 1 aliphatic rings. The maximum atomic E-state index is 4.43. The number of rotatable bonds is 3. The molecule has 1 aliphatic heterocycles. The number of guanidine groups is 1. The number of halogens is 1. The maximum absolute atomic E-state index is 4.43. The molecule has 0 aromatic carbocycles. The summed E-state index contributed by atoms with van der Waals surface area (Å²) in [6.07, 6.45) is 5.14. The summed E-state index contributed by atoms with van der Waals surface area (Å²) in [4.78, 5) is 8.71. The van der Waals surface area contributed by atoms with E-state index in [-0.39, 0.29) is 17.0 Å². The molecule has 94 valence electrons. The second-order valence-corrected chi connectivity index (χ2v) is 3.86. The molecule has 0 fully saturated rings. The van der Waals surface area contributed by atoms with Crippen molar-refractivity contribution in [3.63, 3.8) is 0 Å². The molecule has 0 unspecified atom stereocenters. The van der Waals surface area contributed by atoms with Crippen LogP contribution in [0.25, 0.3) is 0 Å². The molecular weight excluding hydrogens is 280 g/mol. The van der Waals surface area contributed by atoms with Gasteiger partial charge in [0.05, 0.1) is 0 Å². The molecular formula is C12H19BrN4. The molecule has 2 heterocycles. The summed E-state index contributed by atoms with van der Waals surface area (Å²) in [5.74, 6) is 0.938. The summed E-state index contributed by atoms with van der Waals surface area (Å²) >= 11 is 0. The van der Waals surface area contributed by atoms with Crippen molar-refractivity contribution in [2.45, 2.75) is 19.3 Å². The van der Waals surface area contributed by atoms with Crippen LogP contribution in [-0.4, -0.2) is 30.6 Å². The average molecular weight is 299 g/mol. The quantitative estimate of drug-likeness (QED) is 0.890. The standard InChI is InChI=1S/C12H18N4.BrH/c1-2-7-13-11(5-1)6-10-16-12-14-8-3-4-9-15-12;/h1-2,5,7H,3-4,6,8-10H2,(H2,14,15,16);1H. The molecule has 0 bridgehead atoms. The van der Waals surface area contributed by atoms with Crippen LogP contribution in [0.3, 0.4) is 0 Å². The first-order valence-electron chi connectivity index (χ1n) is 5.87. The fourth-order valence-corrected chi connectivity index (χ4v) is 1.66. The van der Waals surface area contributed by atoms with E-state index in [1.54, 1.807) is 0 Å². The van der Waals surface area contributed by atoms with Crippen molar-refractivity contribution in [2.24, 2.45) is 4.99 Å². The third-order valence-electron chi connectivity index (χ3n) is 2.55. The van der Waals surface area contributed by atoms with Crippen LogP contribution < -0.4 is 10.6 Å². The highest BCUT2D eigenvalue weighted by Crippen LogP contribution is 1.95. The van der Waals surface area contributed by atoms with Crippen LogP contribution in [0.4, 0.5) is 0 Å². The minimum Gasteiger partial charge on any atom is -0.356 e. The minimum absolute atomic E-state index is 0. The summed E-state index contributed by atoms with van der Waals surface area (Å²) < 4.78 is 0. The number of aliphatic imine (C=N–C) groups is 1. The van der Waals surface area contributed by atoms with E-state index in [9.17, 15) is 0 Å². The number of hydrogen-bond acceptors (Lipinski definition) is 4. The van der Waals surface area contributed by atoms with Gasteiger partial charge in [-0.05, 0) is 25.0 Å². The maximum Gasteiger partial charge on any atom is 0.191 e. The third-order valence-corrected chi connectivity index (χ3v) is 2.55. The Morgan fingerprint density at radius 3 is 3.06 bits per heavy atom. The lowest BCUT2D eigenvalue weighted by Gasteiger charge is -2.09. The van der Waals surface area contributed by atoms with E-state index in [0.717, 1.165) is 37.7 Å². The van der Waals surface area contributed by atoms with Gasteiger partial charge in [-0.3, -0.25) is 9.98 Å². The summed E-state index contributed by atoms with van der Waals surface area (Å²) in [6.45, 7) is 2.83. The largest absolute Gasteiger partial charge is 0.356 e. The molecule has 17 heavy (non-hydrogen) atoms. The van der Waals surface area contributed by atoms with E-state index in [0.29, 0.717) is 0 Å². The number of nitrogens with one attached hydrogen (secondary N) is 2. The first-order chi connectivity index (χ1) is 7.95. The molecule has 0 spiro atoms. The zero-order valence-corrected chi connectivity index (χ0v) is 11.6. The molecule has 0 radical (unpaired) electrons. The van der Waals surface area contributed by atoms with Crippen LogP contribution in [0.15, 0.2) is 29.4 Å². The van der Waals surface area contributed by atoms with E-state index in [1.165, 1.54) is 12.8 Å². The highest BCUT2D eigenvalue weighted by molar-refractivity contribution is 8.93. The molecule has 2 rings (SSSR count). The third kappa shape index (κ3) is 5.17. The van der Waals surface area contributed by atoms with Crippen LogP contribution in [0, 0.1) is 0 Å². The Morgan fingerprint density at radius 1 is 1.29 bits per heavy atom. The van der Waals surface area contributed by atoms with Gasteiger partial charge < -0.3 is 10.6 Å². The van der Waals surface area contributed by atoms with E-state index >= 15 is 0 Å². The monoisotopic (exact) mass is 298 g/mol. The van der Waals surface area contributed by atoms with Gasteiger partial charge in [-0.25, -0.2) is 0 Å². The van der Waals surface area contributed by atoms with Gasteiger partial charge in [-0.1, -0.05) is 6.07 Å². The molecule has 0 amide bonds.